The van der Waals surface area contributed by atoms with Gasteiger partial charge in [0.2, 0.25) is 0 Å². The summed E-state index contributed by atoms with van der Waals surface area (Å²) in [5, 5.41) is 9.29. The van der Waals surface area contributed by atoms with Gasteiger partial charge in [0.1, 0.15) is 0 Å². The van der Waals surface area contributed by atoms with E-state index in [1.165, 1.54) is 16.8 Å². The molecule has 2 rings (SSSR count). The van der Waals surface area contributed by atoms with Crippen LogP contribution in [-0.4, -0.2) is 23.7 Å². The molecule has 0 amide bonds. The number of hydrogen-bond acceptors (Lipinski definition) is 2. The molecule has 1 aliphatic heterocycles. The van der Waals surface area contributed by atoms with E-state index in [9.17, 15) is 9.90 Å². The van der Waals surface area contributed by atoms with Crippen LogP contribution in [0.25, 0.3) is 0 Å². The van der Waals surface area contributed by atoms with Crippen molar-refractivity contribution in [2.45, 2.75) is 46.6 Å². The topological polar surface area (TPSA) is 40.5 Å². The predicted octanol–water partition coefficient (Wildman–Crippen LogP) is 3.11. The molecule has 0 aromatic heterocycles. The fourth-order valence-corrected chi connectivity index (χ4v) is 2.97. The summed E-state index contributed by atoms with van der Waals surface area (Å²) in [7, 11) is 0. The van der Waals surface area contributed by atoms with Gasteiger partial charge in [0.15, 0.2) is 0 Å². The second-order valence-corrected chi connectivity index (χ2v) is 6.12. The molecule has 1 aromatic rings. The van der Waals surface area contributed by atoms with Crippen molar-refractivity contribution >= 4 is 11.7 Å². The summed E-state index contributed by atoms with van der Waals surface area (Å²) >= 11 is 0. The van der Waals surface area contributed by atoms with Gasteiger partial charge in [0.05, 0.1) is 5.41 Å². The molecule has 3 nitrogen and oxygen atoms in total. The Balaban J connectivity index is 2.36. The van der Waals surface area contributed by atoms with Crippen molar-refractivity contribution in [3.8, 4) is 0 Å². The third kappa shape index (κ3) is 2.46. The number of rotatable bonds is 4. The molecule has 104 valence electrons. The second kappa shape index (κ2) is 4.87. The lowest BCUT2D eigenvalue weighted by molar-refractivity contribution is -0.146. The number of anilines is 1. The number of aliphatic carboxylic acids is 1. The molecule has 1 aromatic carbocycles. The maximum atomic E-state index is 11.3. The third-order valence-corrected chi connectivity index (χ3v) is 4.14. The van der Waals surface area contributed by atoms with Gasteiger partial charge in [-0.2, -0.15) is 0 Å². The molecule has 0 fully saturated rings. The molecule has 0 spiro atoms. The summed E-state index contributed by atoms with van der Waals surface area (Å²) in [5.41, 5.74) is 3.10. The van der Waals surface area contributed by atoms with Gasteiger partial charge < -0.3 is 10.0 Å². The Hall–Kier alpha value is -1.51. The Morgan fingerprint density at radius 3 is 2.74 bits per heavy atom. The highest BCUT2D eigenvalue weighted by Gasteiger charge is 2.32. The lowest BCUT2D eigenvalue weighted by Gasteiger charge is -2.23. The van der Waals surface area contributed by atoms with Crippen LogP contribution in [0.3, 0.4) is 0 Å². The average molecular weight is 261 g/mol. The van der Waals surface area contributed by atoms with E-state index in [2.05, 4.69) is 30.9 Å². The fourth-order valence-electron chi connectivity index (χ4n) is 2.97. The number of carboxylic acid groups (broad SMARTS) is 1. The maximum Gasteiger partial charge on any atom is 0.309 e. The Bertz CT molecular complexity index is 494. The Morgan fingerprint density at radius 2 is 2.16 bits per heavy atom. The smallest absolute Gasteiger partial charge is 0.309 e. The molecule has 3 heteroatoms. The highest BCUT2D eigenvalue weighted by Crippen LogP contribution is 2.36. The van der Waals surface area contributed by atoms with Crippen LogP contribution in [0.4, 0.5) is 5.69 Å². The number of carbonyl (C=O) groups is 1. The molecule has 0 saturated carbocycles. The van der Waals surface area contributed by atoms with E-state index in [0.29, 0.717) is 12.5 Å². The van der Waals surface area contributed by atoms with Crippen LogP contribution in [-0.2, 0) is 17.6 Å². The first kappa shape index (κ1) is 13.9. The maximum absolute atomic E-state index is 11.3. The van der Waals surface area contributed by atoms with Gasteiger partial charge in [-0.3, -0.25) is 4.79 Å². The van der Waals surface area contributed by atoms with Crippen LogP contribution < -0.4 is 4.90 Å². The summed E-state index contributed by atoms with van der Waals surface area (Å²) in [6, 6.07) is 6.79. The SMILES string of the molecule is CCN1c2cccc(CC(C)(C)C(=O)O)c2CC1C. The molecule has 1 N–H and O–H groups in total. The Labute approximate surface area is 115 Å². The van der Waals surface area contributed by atoms with Gasteiger partial charge in [0.25, 0.3) is 0 Å². The first-order chi connectivity index (χ1) is 8.86. The van der Waals surface area contributed by atoms with E-state index in [4.69, 9.17) is 0 Å². The largest absolute Gasteiger partial charge is 0.481 e. The van der Waals surface area contributed by atoms with Crippen LogP contribution in [0.15, 0.2) is 18.2 Å². The van der Waals surface area contributed by atoms with Crippen molar-refractivity contribution in [1.82, 2.24) is 0 Å². The average Bonchev–Trinajstić information content (AvgIpc) is 2.65. The van der Waals surface area contributed by atoms with Crippen molar-refractivity contribution in [1.29, 1.82) is 0 Å². The normalized spacial score (nSPS) is 18.5. The first-order valence-electron chi connectivity index (χ1n) is 6.97. The highest BCUT2D eigenvalue weighted by molar-refractivity contribution is 5.74. The molecular weight excluding hydrogens is 238 g/mol. The van der Waals surface area contributed by atoms with Crippen molar-refractivity contribution < 1.29 is 9.90 Å². The summed E-state index contributed by atoms with van der Waals surface area (Å²) < 4.78 is 0. The van der Waals surface area contributed by atoms with Crippen LogP contribution in [0.2, 0.25) is 0 Å². The number of fused-ring (bicyclic) bond motifs is 1. The zero-order chi connectivity index (χ0) is 14.2. The molecule has 1 aliphatic rings. The van der Waals surface area contributed by atoms with Gasteiger partial charge in [-0.1, -0.05) is 12.1 Å². The predicted molar refractivity (Wildman–Crippen MR) is 77.7 cm³/mol. The first-order valence-corrected chi connectivity index (χ1v) is 6.97. The van der Waals surface area contributed by atoms with Crippen LogP contribution in [0.1, 0.15) is 38.8 Å². The zero-order valence-electron chi connectivity index (χ0n) is 12.2. The van der Waals surface area contributed by atoms with E-state index in [1.807, 2.05) is 6.07 Å². The molecule has 19 heavy (non-hydrogen) atoms. The van der Waals surface area contributed by atoms with E-state index in [-0.39, 0.29) is 0 Å². The lowest BCUT2D eigenvalue weighted by Crippen LogP contribution is -2.28. The standard InChI is InChI=1S/C16H23NO2/c1-5-17-11(2)9-13-12(7-6-8-14(13)17)10-16(3,4)15(18)19/h6-8,11H,5,9-10H2,1-4H3,(H,18,19). The van der Waals surface area contributed by atoms with E-state index in [0.717, 1.165) is 13.0 Å². The van der Waals surface area contributed by atoms with Crippen LogP contribution in [0, 0.1) is 5.41 Å². The number of likely N-dealkylation sites (N-methyl/N-ethyl adjacent to an activating group) is 1. The molecule has 0 saturated heterocycles. The third-order valence-electron chi connectivity index (χ3n) is 4.14. The summed E-state index contributed by atoms with van der Waals surface area (Å²) in [4.78, 5) is 13.7. The fraction of sp³-hybridized carbons (Fsp3) is 0.562. The minimum Gasteiger partial charge on any atom is -0.481 e. The Morgan fingerprint density at radius 1 is 1.47 bits per heavy atom. The van der Waals surface area contributed by atoms with Gasteiger partial charge >= 0.3 is 5.97 Å². The second-order valence-electron chi connectivity index (χ2n) is 6.12. The summed E-state index contributed by atoms with van der Waals surface area (Å²) in [6.45, 7) is 8.99. The molecule has 0 bridgehead atoms. The summed E-state index contributed by atoms with van der Waals surface area (Å²) in [6.07, 6.45) is 1.62. The van der Waals surface area contributed by atoms with Gasteiger partial charge in [-0.15, -0.1) is 0 Å². The van der Waals surface area contributed by atoms with Gasteiger partial charge in [0, 0.05) is 18.3 Å². The lowest BCUT2D eigenvalue weighted by atomic mass is 9.83. The van der Waals surface area contributed by atoms with E-state index >= 15 is 0 Å². The zero-order valence-corrected chi connectivity index (χ0v) is 12.2. The molecular formula is C16H23NO2. The van der Waals surface area contributed by atoms with Crippen molar-refractivity contribution in [3.05, 3.63) is 29.3 Å². The van der Waals surface area contributed by atoms with Gasteiger partial charge in [-0.25, -0.2) is 0 Å². The van der Waals surface area contributed by atoms with Crippen molar-refractivity contribution in [2.24, 2.45) is 5.41 Å². The summed E-state index contributed by atoms with van der Waals surface area (Å²) in [5.74, 6) is -0.733. The van der Waals surface area contributed by atoms with Crippen molar-refractivity contribution in [3.63, 3.8) is 0 Å². The highest BCUT2D eigenvalue weighted by atomic mass is 16.4. The minimum absolute atomic E-state index is 0.508. The van der Waals surface area contributed by atoms with Gasteiger partial charge in [-0.05, 0) is 57.7 Å². The van der Waals surface area contributed by atoms with Crippen LogP contribution >= 0.6 is 0 Å². The number of nitrogens with zero attached hydrogens (tertiary/aromatic N) is 1. The Kier molecular flexibility index (Phi) is 3.57. The van der Waals surface area contributed by atoms with E-state index in [1.54, 1.807) is 13.8 Å². The number of hydrogen-bond donors (Lipinski definition) is 1. The number of benzene rings is 1. The number of carboxylic acids is 1. The molecule has 0 radical (unpaired) electrons. The van der Waals surface area contributed by atoms with Crippen molar-refractivity contribution in [2.75, 3.05) is 11.4 Å². The molecule has 1 unspecified atom stereocenters. The van der Waals surface area contributed by atoms with Crippen LogP contribution in [0.5, 0.6) is 0 Å². The quantitative estimate of drug-likeness (QED) is 0.905. The molecule has 1 heterocycles. The van der Waals surface area contributed by atoms with E-state index < -0.39 is 11.4 Å². The minimum atomic E-state index is -0.733. The molecule has 0 aliphatic carbocycles. The molecule has 1 atom stereocenters. The monoisotopic (exact) mass is 261 g/mol.